The summed E-state index contributed by atoms with van der Waals surface area (Å²) in [7, 11) is 0. The van der Waals surface area contributed by atoms with Crippen molar-refractivity contribution < 1.29 is 13.6 Å². The van der Waals surface area contributed by atoms with Crippen LogP contribution in [0.2, 0.25) is 0 Å². The molecule has 2 aromatic rings. The van der Waals surface area contributed by atoms with Crippen molar-refractivity contribution >= 4 is 40.7 Å². The Balaban J connectivity index is 1.67. The van der Waals surface area contributed by atoms with Gasteiger partial charge in [0.15, 0.2) is 5.11 Å². The molecular formula is C17H17F2N3OS2. The second-order valence-corrected chi connectivity index (χ2v) is 6.72. The van der Waals surface area contributed by atoms with Gasteiger partial charge < -0.3 is 5.32 Å². The van der Waals surface area contributed by atoms with Crippen molar-refractivity contribution in [3.8, 4) is 0 Å². The van der Waals surface area contributed by atoms with Crippen LogP contribution in [0.3, 0.4) is 0 Å². The molecule has 0 atom stereocenters. The van der Waals surface area contributed by atoms with E-state index in [1.165, 1.54) is 30.0 Å². The van der Waals surface area contributed by atoms with Crippen LogP contribution in [-0.4, -0.2) is 16.8 Å². The maximum Gasteiger partial charge on any atom is 0.239 e. The van der Waals surface area contributed by atoms with Crippen LogP contribution in [0.15, 0.2) is 47.4 Å². The Morgan fingerprint density at radius 3 is 2.52 bits per heavy atom. The molecule has 4 nitrogen and oxygen atoms in total. The van der Waals surface area contributed by atoms with Crippen LogP contribution in [0.4, 0.5) is 14.5 Å². The van der Waals surface area contributed by atoms with Crippen molar-refractivity contribution in [1.82, 2.24) is 10.9 Å². The molecule has 0 radical (unpaired) electrons. The minimum absolute atomic E-state index is 0.155. The predicted octanol–water partition coefficient (Wildman–Crippen LogP) is 3.77. The van der Waals surface area contributed by atoms with E-state index in [0.29, 0.717) is 17.0 Å². The van der Waals surface area contributed by atoms with Crippen LogP contribution in [0, 0.1) is 18.6 Å². The van der Waals surface area contributed by atoms with Gasteiger partial charge in [0, 0.05) is 22.8 Å². The summed E-state index contributed by atoms with van der Waals surface area (Å²) in [5.41, 5.74) is 6.05. The minimum atomic E-state index is -0.338. The average Bonchev–Trinajstić information content (AvgIpc) is 2.58. The van der Waals surface area contributed by atoms with Gasteiger partial charge >= 0.3 is 0 Å². The molecule has 0 saturated carbocycles. The number of halogens is 2. The number of hydrogen-bond acceptors (Lipinski definition) is 3. The zero-order valence-electron chi connectivity index (χ0n) is 13.4. The molecule has 1 amide bonds. The number of rotatable bonds is 5. The summed E-state index contributed by atoms with van der Waals surface area (Å²) in [6.07, 6.45) is 0.261. The average molecular weight is 381 g/mol. The fourth-order valence-corrected chi connectivity index (χ4v) is 2.83. The topological polar surface area (TPSA) is 53.2 Å². The van der Waals surface area contributed by atoms with Gasteiger partial charge in [0.25, 0.3) is 0 Å². The van der Waals surface area contributed by atoms with Gasteiger partial charge in [-0.25, -0.2) is 8.78 Å². The maximum absolute atomic E-state index is 13.4. The molecule has 2 rings (SSSR count). The number of benzene rings is 2. The second kappa shape index (κ2) is 9.33. The van der Waals surface area contributed by atoms with Crippen LogP contribution in [0.25, 0.3) is 0 Å². The van der Waals surface area contributed by atoms with Crippen LogP contribution in [-0.2, 0) is 4.79 Å². The molecule has 0 aromatic heterocycles. The number of thiocarbonyl (C=S) groups is 1. The van der Waals surface area contributed by atoms with Crippen LogP contribution in [0.1, 0.15) is 12.0 Å². The smallest absolute Gasteiger partial charge is 0.239 e. The van der Waals surface area contributed by atoms with Gasteiger partial charge in [-0.3, -0.25) is 15.6 Å². The van der Waals surface area contributed by atoms with Crippen LogP contribution < -0.4 is 16.2 Å². The monoisotopic (exact) mass is 381 g/mol. The molecule has 132 valence electrons. The van der Waals surface area contributed by atoms with Crippen molar-refractivity contribution in [2.24, 2.45) is 0 Å². The number of anilines is 1. The fourth-order valence-electron chi connectivity index (χ4n) is 1.81. The molecule has 0 aliphatic heterocycles. The molecule has 0 fully saturated rings. The van der Waals surface area contributed by atoms with Gasteiger partial charge in [-0.1, -0.05) is 6.07 Å². The number of carbonyl (C=O) groups is 1. The lowest BCUT2D eigenvalue weighted by Gasteiger charge is -2.12. The van der Waals surface area contributed by atoms with Crippen molar-refractivity contribution in [1.29, 1.82) is 0 Å². The first-order valence-electron chi connectivity index (χ1n) is 7.44. The number of nitrogens with one attached hydrogen (secondary N) is 3. The summed E-state index contributed by atoms with van der Waals surface area (Å²) >= 11 is 6.48. The molecular weight excluding hydrogens is 364 g/mol. The van der Waals surface area contributed by atoms with Gasteiger partial charge in [0.05, 0.1) is 0 Å². The predicted molar refractivity (Wildman–Crippen MR) is 100 cm³/mol. The third-order valence-electron chi connectivity index (χ3n) is 3.16. The van der Waals surface area contributed by atoms with E-state index in [1.54, 1.807) is 31.2 Å². The summed E-state index contributed by atoms with van der Waals surface area (Å²) in [5, 5.41) is 2.93. The maximum atomic E-state index is 13.4. The van der Waals surface area contributed by atoms with Gasteiger partial charge in [-0.05, 0) is 61.1 Å². The van der Waals surface area contributed by atoms with Gasteiger partial charge in [-0.2, -0.15) is 0 Å². The Labute approximate surface area is 154 Å². The molecule has 0 heterocycles. The summed E-state index contributed by atoms with van der Waals surface area (Å²) in [4.78, 5) is 12.6. The van der Waals surface area contributed by atoms with Crippen molar-refractivity contribution in [2.75, 3.05) is 11.1 Å². The molecule has 3 N–H and O–H groups in total. The summed E-state index contributed by atoms with van der Waals surface area (Å²) in [5.74, 6) is -0.327. The van der Waals surface area contributed by atoms with E-state index < -0.39 is 0 Å². The number of hydrogen-bond donors (Lipinski definition) is 3. The molecule has 0 aliphatic rings. The van der Waals surface area contributed by atoms with E-state index in [9.17, 15) is 13.6 Å². The van der Waals surface area contributed by atoms with E-state index in [2.05, 4.69) is 16.2 Å². The molecule has 0 spiro atoms. The lowest BCUT2D eigenvalue weighted by molar-refractivity contribution is -0.121. The summed E-state index contributed by atoms with van der Waals surface area (Å²) < 4.78 is 26.2. The fraction of sp³-hybridized carbons (Fsp3) is 0.176. The minimum Gasteiger partial charge on any atom is -0.331 e. The van der Waals surface area contributed by atoms with E-state index in [0.717, 1.165) is 4.90 Å². The first-order valence-corrected chi connectivity index (χ1v) is 8.84. The first kappa shape index (κ1) is 19.1. The highest BCUT2D eigenvalue weighted by atomic mass is 32.2. The Morgan fingerprint density at radius 1 is 1.12 bits per heavy atom. The Hall–Kier alpha value is -2.19. The molecule has 25 heavy (non-hydrogen) atoms. The van der Waals surface area contributed by atoms with Gasteiger partial charge in [0.1, 0.15) is 11.6 Å². The highest BCUT2D eigenvalue weighted by Crippen LogP contribution is 2.18. The largest absolute Gasteiger partial charge is 0.331 e. The molecule has 0 bridgehead atoms. The van der Waals surface area contributed by atoms with E-state index in [-0.39, 0.29) is 29.1 Å². The number of amides is 1. The van der Waals surface area contributed by atoms with Crippen molar-refractivity contribution in [3.63, 3.8) is 0 Å². The quantitative estimate of drug-likeness (QED) is 0.418. The highest BCUT2D eigenvalue weighted by Gasteiger charge is 2.05. The first-order chi connectivity index (χ1) is 11.9. The van der Waals surface area contributed by atoms with Crippen LogP contribution >= 0.6 is 24.0 Å². The number of aryl methyl sites for hydroxylation is 1. The number of carbonyl (C=O) groups excluding carboxylic acids is 1. The number of thioether (sulfide) groups is 1. The SMILES string of the molecule is Cc1ccc(NC(=S)NNC(=O)CCSc2ccc(F)cc2)cc1F. The Bertz CT molecular complexity index is 754. The standard InChI is InChI=1S/C17H17F2N3OS2/c1-11-2-5-13(10-15(11)19)20-17(24)22-21-16(23)8-9-25-14-6-3-12(18)4-7-14/h2-7,10H,8-9H2,1H3,(H,21,23)(H2,20,22,24). The molecule has 0 unspecified atom stereocenters. The van der Waals surface area contributed by atoms with E-state index in [4.69, 9.17) is 12.2 Å². The lowest BCUT2D eigenvalue weighted by Crippen LogP contribution is -2.43. The van der Waals surface area contributed by atoms with Crippen molar-refractivity contribution in [3.05, 3.63) is 59.7 Å². The Morgan fingerprint density at radius 2 is 1.84 bits per heavy atom. The molecule has 2 aromatic carbocycles. The van der Waals surface area contributed by atoms with E-state index in [1.807, 2.05) is 0 Å². The molecule has 0 aliphatic carbocycles. The lowest BCUT2D eigenvalue weighted by atomic mass is 10.2. The van der Waals surface area contributed by atoms with Gasteiger partial charge in [0.2, 0.25) is 5.91 Å². The van der Waals surface area contributed by atoms with Crippen LogP contribution in [0.5, 0.6) is 0 Å². The highest BCUT2D eigenvalue weighted by molar-refractivity contribution is 7.99. The summed E-state index contributed by atoms with van der Waals surface area (Å²) in [6.45, 7) is 1.67. The van der Waals surface area contributed by atoms with Gasteiger partial charge in [-0.15, -0.1) is 11.8 Å². The number of hydrazine groups is 1. The summed E-state index contributed by atoms with van der Waals surface area (Å²) in [6, 6.07) is 10.7. The molecule has 0 saturated heterocycles. The van der Waals surface area contributed by atoms with Crippen molar-refractivity contribution in [2.45, 2.75) is 18.2 Å². The third kappa shape index (κ3) is 6.67. The second-order valence-electron chi connectivity index (χ2n) is 5.14. The normalized spacial score (nSPS) is 10.2. The zero-order chi connectivity index (χ0) is 18.2. The third-order valence-corrected chi connectivity index (χ3v) is 4.37. The van der Waals surface area contributed by atoms with E-state index >= 15 is 0 Å². The zero-order valence-corrected chi connectivity index (χ0v) is 15.1. The Kier molecular flexibility index (Phi) is 7.15. The molecule has 8 heteroatoms.